The Kier molecular flexibility index (Phi) is 4.00. The minimum atomic E-state index is 0.809. The Hall–Kier alpha value is -2.25. The second-order valence-corrected chi connectivity index (χ2v) is 4.37. The third kappa shape index (κ3) is 2.90. The molecule has 18 heavy (non-hydrogen) atoms. The predicted molar refractivity (Wildman–Crippen MR) is 72.7 cm³/mol. The number of ether oxygens (including phenoxy) is 1. The number of methoxy groups -OCH3 is 1. The molecule has 1 aromatic carbocycles. The maximum atomic E-state index is 8.52. The number of hydrogen-bond acceptors (Lipinski definition) is 4. The van der Waals surface area contributed by atoms with E-state index in [1.807, 2.05) is 35.7 Å². The van der Waals surface area contributed by atoms with Gasteiger partial charge in [0.05, 0.1) is 18.2 Å². The van der Waals surface area contributed by atoms with Gasteiger partial charge in [0.25, 0.3) is 0 Å². The van der Waals surface area contributed by atoms with E-state index in [1.165, 1.54) is 17.6 Å². The van der Waals surface area contributed by atoms with Gasteiger partial charge in [-0.2, -0.15) is 0 Å². The molecule has 0 amide bonds. The Morgan fingerprint density at radius 3 is 2.67 bits per heavy atom. The lowest BCUT2D eigenvalue weighted by Crippen LogP contribution is -1.82. The maximum absolute atomic E-state index is 8.52. The zero-order chi connectivity index (χ0) is 12.8. The Morgan fingerprint density at radius 2 is 2.00 bits per heavy atom. The predicted octanol–water partition coefficient (Wildman–Crippen LogP) is 2.96. The van der Waals surface area contributed by atoms with E-state index in [2.05, 4.69) is 17.0 Å². The lowest BCUT2D eigenvalue weighted by molar-refractivity contribution is 0.322. The van der Waals surface area contributed by atoms with Crippen molar-refractivity contribution < 1.29 is 9.94 Å². The monoisotopic (exact) mass is 257 g/mol. The SMILES string of the molecule is COc1ccc(C#Cc2ccsc2/C=N/O)cc1. The Morgan fingerprint density at radius 1 is 1.22 bits per heavy atom. The first kappa shape index (κ1) is 12.2. The van der Waals surface area contributed by atoms with Crippen LogP contribution in [0.5, 0.6) is 5.75 Å². The maximum Gasteiger partial charge on any atom is 0.118 e. The molecule has 2 aromatic rings. The second-order valence-electron chi connectivity index (χ2n) is 3.42. The summed E-state index contributed by atoms with van der Waals surface area (Å²) >= 11 is 1.48. The van der Waals surface area contributed by atoms with Crippen molar-refractivity contribution >= 4 is 17.6 Å². The highest BCUT2D eigenvalue weighted by Crippen LogP contribution is 2.14. The van der Waals surface area contributed by atoms with Crippen LogP contribution in [-0.4, -0.2) is 18.5 Å². The van der Waals surface area contributed by atoms with Gasteiger partial charge in [0.1, 0.15) is 5.75 Å². The van der Waals surface area contributed by atoms with Gasteiger partial charge in [-0.05, 0) is 35.7 Å². The van der Waals surface area contributed by atoms with Gasteiger partial charge in [-0.3, -0.25) is 0 Å². The summed E-state index contributed by atoms with van der Waals surface area (Å²) < 4.78 is 5.08. The molecular weight excluding hydrogens is 246 g/mol. The minimum absolute atomic E-state index is 0.809. The fourth-order valence-corrected chi connectivity index (χ4v) is 2.10. The molecular formula is C14H11NO2S. The largest absolute Gasteiger partial charge is 0.497 e. The third-order valence-corrected chi connectivity index (χ3v) is 3.15. The molecule has 0 bridgehead atoms. The number of thiophene rings is 1. The number of rotatable bonds is 2. The molecule has 1 heterocycles. The molecule has 0 aliphatic heterocycles. The van der Waals surface area contributed by atoms with E-state index in [1.54, 1.807) is 7.11 Å². The molecule has 4 heteroatoms. The van der Waals surface area contributed by atoms with Gasteiger partial charge >= 0.3 is 0 Å². The average molecular weight is 257 g/mol. The van der Waals surface area contributed by atoms with Crippen LogP contribution in [0, 0.1) is 11.8 Å². The zero-order valence-electron chi connectivity index (χ0n) is 9.75. The average Bonchev–Trinajstić information content (AvgIpc) is 2.85. The quantitative estimate of drug-likeness (QED) is 0.389. The highest BCUT2D eigenvalue weighted by atomic mass is 32.1. The van der Waals surface area contributed by atoms with E-state index >= 15 is 0 Å². The minimum Gasteiger partial charge on any atom is -0.497 e. The standard InChI is InChI=1S/C14H11NO2S/c1-17-13-6-3-11(4-7-13)2-5-12-8-9-18-14(12)10-15-16/h3-4,6-10,16H,1H3/b15-10+. The highest BCUT2D eigenvalue weighted by molar-refractivity contribution is 7.12. The summed E-state index contributed by atoms with van der Waals surface area (Å²) in [7, 11) is 1.63. The van der Waals surface area contributed by atoms with Gasteiger partial charge in [-0.1, -0.05) is 17.0 Å². The van der Waals surface area contributed by atoms with Crippen molar-refractivity contribution in [1.29, 1.82) is 0 Å². The number of benzene rings is 1. The van der Waals surface area contributed by atoms with Gasteiger partial charge in [0.2, 0.25) is 0 Å². The van der Waals surface area contributed by atoms with Crippen LogP contribution >= 0.6 is 11.3 Å². The summed E-state index contributed by atoms with van der Waals surface area (Å²) in [5.74, 6) is 6.91. The van der Waals surface area contributed by atoms with Crippen molar-refractivity contribution in [2.24, 2.45) is 5.16 Å². The van der Waals surface area contributed by atoms with Crippen molar-refractivity contribution in [3.8, 4) is 17.6 Å². The Bertz CT molecular complexity index is 603. The zero-order valence-corrected chi connectivity index (χ0v) is 10.6. The van der Waals surface area contributed by atoms with Gasteiger partial charge in [-0.25, -0.2) is 0 Å². The first-order valence-electron chi connectivity index (χ1n) is 5.24. The lowest BCUT2D eigenvalue weighted by atomic mass is 10.2. The van der Waals surface area contributed by atoms with Crippen LogP contribution in [0.4, 0.5) is 0 Å². The van der Waals surface area contributed by atoms with Crippen LogP contribution in [0.25, 0.3) is 0 Å². The van der Waals surface area contributed by atoms with Gasteiger partial charge in [0, 0.05) is 11.1 Å². The third-order valence-electron chi connectivity index (χ3n) is 2.30. The van der Waals surface area contributed by atoms with E-state index < -0.39 is 0 Å². The molecule has 90 valence electrons. The van der Waals surface area contributed by atoms with Crippen molar-refractivity contribution in [2.75, 3.05) is 7.11 Å². The van der Waals surface area contributed by atoms with Crippen LogP contribution in [-0.2, 0) is 0 Å². The molecule has 0 aliphatic rings. The van der Waals surface area contributed by atoms with E-state index in [-0.39, 0.29) is 0 Å². The molecule has 0 atom stereocenters. The summed E-state index contributed by atoms with van der Waals surface area (Å²) in [6, 6.07) is 9.44. The van der Waals surface area contributed by atoms with E-state index in [0.717, 1.165) is 21.8 Å². The highest BCUT2D eigenvalue weighted by Gasteiger charge is 1.98. The summed E-state index contributed by atoms with van der Waals surface area (Å²) in [4.78, 5) is 0.846. The van der Waals surface area contributed by atoms with Crippen LogP contribution in [0.3, 0.4) is 0 Å². The molecule has 0 saturated carbocycles. The molecule has 0 spiro atoms. The van der Waals surface area contributed by atoms with Crippen LogP contribution in [0.2, 0.25) is 0 Å². The van der Waals surface area contributed by atoms with Gasteiger partial charge in [0.15, 0.2) is 0 Å². The fourth-order valence-electron chi connectivity index (χ4n) is 1.39. The van der Waals surface area contributed by atoms with Crippen LogP contribution < -0.4 is 4.74 Å². The number of nitrogens with zero attached hydrogens (tertiary/aromatic N) is 1. The topological polar surface area (TPSA) is 41.8 Å². The van der Waals surface area contributed by atoms with Crippen molar-refractivity contribution in [3.05, 3.63) is 51.7 Å². The Balaban J connectivity index is 2.22. The summed E-state index contributed by atoms with van der Waals surface area (Å²) in [6.07, 6.45) is 1.39. The first-order valence-corrected chi connectivity index (χ1v) is 6.12. The molecule has 0 radical (unpaired) electrons. The molecule has 0 unspecified atom stereocenters. The lowest BCUT2D eigenvalue weighted by Gasteiger charge is -1.97. The van der Waals surface area contributed by atoms with E-state index in [4.69, 9.17) is 9.94 Å². The molecule has 1 N–H and O–H groups in total. The summed E-state index contributed by atoms with van der Waals surface area (Å²) in [6.45, 7) is 0. The molecule has 0 saturated heterocycles. The molecule has 1 aromatic heterocycles. The molecule has 0 fully saturated rings. The molecule has 2 rings (SSSR count). The summed E-state index contributed by atoms with van der Waals surface area (Å²) in [5.41, 5.74) is 1.77. The summed E-state index contributed by atoms with van der Waals surface area (Å²) in [5, 5.41) is 13.4. The smallest absolute Gasteiger partial charge is 0.118 e. The van der Waals surface area contributed by atoms with Crippen LogP contribution in [0.15, 0.2) is 40.9 Å². The second kappa shape index (κ2) is 5.89. The van der Waals surface area contributed by atoms with Crippen molar-refractivity contribution in [2.45, 2.75) is 0 Å². The number of oxime groups is 1. The van der Waals surface area contributed by atoms with Crippen molar-refractivity contribution in [1.82, 2.24) is 0 Å². The molecule has 3 nitrogen and oxygen atoms in total. The van der Waals surface area contributed by atoms with Gasteiger partial charge < -0.3 is 9.94 Å². The fraction of sp³-hybridized carbons (Fsp3) is 0.0714. The van der Waals surface area contributed by atoms with E-state index in [0.29, 0.717) is 0 Å². The van der Waals surface area contributed by atoms with Crippen molar-refractivity contribution in [3.63, 3.8) is 0 Å². The van der Waals surface area contributed by atoms with E-state index in [9.17, 15) is 0 Å². The molecule has 0 aliphatic carbocycles. The van der Waals surface area contributed by atoms with Crippen LogP contribution in [0.1, 0.15) is 16.0 Å². The Labute approximate surface area is 109 Å². The normalized spacial score (nSPS) is 10.1. The number of hydrogen-bond donors (Lipinski definition) is 1. The first-order chi connectivity index (χ1) is 8.83. The van der Waals surface area contributed by atoms with Gasteiger partial charge in [-0.15, -0.1) is 11.3 Å².